The topological polar surface area (TPSA) is 60.5 Å². The molecule has 0 aliphatic carbocycles. The van der Waals surface area contributed by atoms with E-state index in [9.17, 15) is 9.18 Å². The zero-order valence-corrected chi connectivity index (χ0v) is 20.6. The van der Waals surface area contributed by atoms with E-state index < -0.39 is 0 Å². The predicted molar refractivity (Wildman–Crippen MR) is 131 cm³/mol. The lowest BCUT2D eigenvalue weighted by Gasteiger charge is -2.36. The number of carbonyl (C=O) groups is 1. The van der Waals surface area contributed by atoms with Crippen molar-refractivity contribution in [1.82, 2.24) is 9.80 Å². The molecular weight excluding hydrogens is 451 g/mol. The molecule has 0 spiro atoms. The maximum absolute atomic E-state index is 12.9. The van der Waals surface area contributed by atoms with Crippen LogP contribution in [0.15, 0.2) is 48.4 Å². The van der Waals surface area contributed by atoms with Gasteiger partial charge in [0, 0.05) is 38.4 Å². The molecule has 4 rings (SSSR count). The summed E-state index contributed by atoms with van der Waals surface area (Å²) in [7, 11) is 5.10. The number of rotatable bonds is 10. The van der Waals surface area contributed by atoms with Crippen LogP contribution >= 0.6 is 0 Å². The molecule has 0 amide bonds. The lowest BCUT2D eigenvalue weighted by Crippen LogP contribution is -2.42. The number of Topliss-reactive ketones (excluding diaryl/α,β-unsaturated/α-hetero) is 1. The molecule has 0 radical (unpaired) electrons. The quantitative estimate of drug-likeness (QED) is 0.363. The van der Waals surface area contributed by atoms with Crippen molar-refractivity contribution < 1.29 is 28.1 Å². The fourth-order valence-electron chi connectivity index (χ4n) is 4.50. The zero-order chi connectivity index (χ0) is 24.8. The van der Waals surface area contributed by atoms with E-state index in [4.69, 9.17) is 18.9 Å². The van der Waals surface area contributed by atoms with Crippen LogP contribution in [0.4, 0.5) is 4.39 Å². The highest BCUT2D eigenvalue weighted by atomic mass is 19.1. The molecule has 2 aromatic carbocycles. The summed E-state index contributed by atoms with van der Waals surface area (Å²) in [5.74, 6) is 2.15. The number of fused-ring (bicyclic) bond motifs is 1. The molecule has 7 nitrogen and oxygen atoms in total. The number of methoxy groups -OCH3 is 2. The van der Waals surface area contributed by atoms with Crippen molar-refractivity contribution in [3.63, 3.8) is 0 Å². The smallest absolute Gasteiger partial charge is 0.233 e. The van der Waals surface area contributed by atoms with Gasteiger partial charge in [-0.25, -0.2) is 4.39 Å². The van der Waals surface area contributed by atoms with Crippen LogP contribution in [-0.2, 0) is 0 Å². The van der Waals surface area contributed by atoms with Crippen LogP contribution in [0, 0.1) is 5.82 Å². The molecular formula is C27H33FN2O5. The molecule has 1 fully saturated rings. The number of likely N-dealkylation sites (tertiary alicyclic amines) is 1. The highest BCUT2D eigenvalue weighted by Crippen LogP contribution is 2.40. The van der Waals surface area contributed by atoms with Crippen molar-refractivity contribution in [2.24, 2.45) is 0 Å². The van der Waals surface area contributed by atoms with Gasteiger partial charge in [0.25, 0.3) is 0 Å². The average molecular weight is 485 g/mol. The maximum Gasteiger partial charge on any atom is 0.233 e. The summed E-state index contributed by atoms with van der Waals surface area (Å²) in [4.78, 5) is 17.4. The van der Waals surface area contributed by atoms with Crippen molar-refractivity contribution in [3.05, 3.63) is 59.7 Å². The molecule has 1 saturated heterocycles. The summed E-state index contributed by atoms with van der Waals surface area (Å²) in [6, 6.07) is 9.84. The van der Waals surface area contributed by atoms with Crippen molar-refractivity contribution in [1.29, 1.82) is 0 Å². The average Bonchev–Trinajstić information content (AvgIpc) is 3.18. The molecule has 2 heterocycles. The number of allylic oxidation sites excluding steroid dienone is 1. The molecule has 0 aromatic heterocycles. The van der Waals surface area contributed by atoms with Gasteiger partial charge in [0.1, 0.15) is 17.3 Å². The number of benzene rings is 2. The molecule has 0 unspecified atom stereocenters. The molecule has 2 aromatic rings. The monoisotopic (exact) mass is 484 g/mol. The molecule has 2 aliphatic heterocycles. The van der Waals surface area contributed by atoms with Crippen LogP contribution in [0.2, 0.25) is 0 Å². The fraction of sp³-hybridized carbons (Fsp3) is 0.444. The van der Waals surface area contributed by atoms with E-state index in [1.165, 1.54) is 12.1 Å². The van der Waals surface area contributed by atoms with Crippen molar-refractivity contribution in [3.8, 4) is 23.0 Å². The molecule has 2 aliphatic rings. The first-order chi connectivity index (χ1) is 17.0. The molecule has 0 saturated carbocycles. The highest BCUT2D eigenvalue weighted by molar-refractivity contribution is 6.12. The minimum atomic E-state index is -0.253. The normalized spacial score (nSPS) is 17.3. The number of ketones is 1. The third kappa shape index (κ3) is 6.06. The zero-order valence-electron chi connectivity index (χ0n) is 20.6. The van der Waals surface area contributed by atoms with E-state index in [2.05, 4.69) is 9.80 Å². The van der Waals surface area contributed by atoms with Crippen molar-refractivity contribution in [2.45, 2.75) is 31.7 Å². The Hall–Kier alpha value is -3.26. The van der Waals surface area contributed by atoms with Gasteiger partial charge in [-0.2, -0.15) is 0 Å². The van der Waals surface area contributed by atoms with Gasteiger partial charge < -0.3 is 28.7 Å². The van der Waals surface area contributed by atoms with Gasteiger partial charge in [-0.3, -0.25) is 4.79 Å². The van der Waals surface area contributed by atoms with E-state index in [1.807, 2.05) is 13.2 Å². The lowest BCUT2D eigenvalue weighted by atomic mass is 10.0. The fourth-order valence-corrected chi connectivity index (χ4v) is 4.50. The van der Waals surface area contributed by atoms with Crippen LogP contribution in [0.25, 0.3) is 0 Å². The molecule has 35 heavy (non-hydrogen) atoms. The third-order valence-corrected chi connectivity index (χ3v) is 6.58. The van der Waals surface area contributed by atoms with Gasteiger partial charge in [-0.15, -0.1) is 0 Å². The summed E-state index contributed by atoms with van der Waals surface area (Å²) in [6.07, 6.45) is 5.87. The predicted octanol–water partition coefficient (Wildman–Crippen LogP) is 4.51. The summed E-state index contributed by atoms with van der Waals surface area (Å²) < 4.78 is 35.1. The summed E-state index contributed by atoms with van der Waals surface area (Å²) in [5.41, 5.74) is 0.487. The van der Waals surface area contributed by atoms with Crippen LogP contribution in [-0.4, -0.2) is 69.1 Å². The van der Waals surface area contributed by atoms with Crippen LogP contribution in [0.1, 0.15) is 36.0 Å². The Balaban J connectivity index is 1.20. The van der Waals surface area contributed by atoms with Crippen LogP contribution in [0.3, 0.4) is 0 Å². The summed E-state index contributed by atoms with van der Waals surface area (Å²) in [6.45, 7) is 3.69. The van der Waals surface area contributed by atoms with Gasteiger partial charge >= 0.3 is 0 Å². The maximum atomic E-state index is 12.9. The Morgan fingerprint density at radius 2 is 1.77 bits per heavy atom. The second-order valence-electron chi connectivity index (χ2n) is 8.88. The number of ether oxygens (including phenoxy) is 4. The number of halogens is 1. The Morgan fingerprint density at radius 1 is 1.09 bits per heavy atom. The van der Waals surface area contributed by atoms with Crippen molar-refractivity contribution in [2.75, 3.05) is 47.5 Å². The Morgan fingerprint density at radius 3 is 2.46 bits per heavy atom. The lowest BCUT2D eigenvalue weighted by molar-refractivity contribution is 0.100. The van der Waals surface area contributed by atoms with Gasteiger partial charge in [-0.05, 0) is 62.6 Å². The van der Waals surface area contributed by atoms with Gasteiger partial charge in [0.05, 0.1) is 26.4 Å². The summed E-state index contributed by atoms with van der Waals surface area (Å²) in [5, 5.41) is 0. The van der Waals surface area contributed by atoms with Gasteiger partial charge in [0.2, 0.25) is 5.78 Å². The second kappa shape index (κ2) is 11.4. The molecule has 188 valence electrons. The van der Waals surface area contributed by atoms with Gasteiger partial charge in [0.15, 0.2) is 17.3 Å². The minimum absolute atomic E-state index is 0.145. The van der Waals surface area contributed by atoms with E-state index >= 15 is 0 Å². The SMILES string of the molecule is COc1cc2c(cc1OC)C(=O)C(=CN(C)C1CCN(CCCCOc3ccc(F)cc3)CC1)O2. The van der Waals surface area contributed by atoms with Gasteiger partial charge in [-0.1, -0.05) is 0 Å². The summed E-state index contributed by atoms with van der Waals surface area (Å²) >= 11 is 0. The number of hydrogen-bond acceptors (Lipinski definition) is 7. The number of hydrogen-bond donors (Lipinski definition) is 0. The molecule has 0 bridgehead atoms. The molecule has 8 heteroatoms. The van der Waals surface area contributed by atoms with E-state index in [1.54, 1.807) is 38.5 Å². The Bertz CT molecular complexity index is 1050. The van der Waals surface area contributed by atoms with E-state index in [0.717, 1.165) is 45.3 Å². The van der Waals surface area contributed by atoms with Crippen LogP contribution in [0.5, 0.6) is 23.0 Å². The molecule has 0 N–H and O–H groups in total. The minimum Gasteiger partial charge on any atom is -0.494 e. The standard InChI is InChI=1S/C27H33FN2O5/c1-29(18-26-27(31)22-16-24(32-2)25(33-3)17-23(22)35-26)20-10-13-30(14-11-20)12-4-5-15-34-21-8-6-19(28)7-9-21/h6-9,16-18,20H,4-5,10-15H2,1-3H3. The highest BCUT2D eigenvalue weighted by Gasteiger charge is 2.31. The third-order valence-electron chi connectivity index (χ3n) is 6.58. The Kier molecular flexibility index (Phi) is 8.13. The number of carbonyl (C=O) groups excluding carboxylic acids is 1. The largest absolute Gasteiger partial charge is 0.494 e. The van der Waals surface area contributed by atoms with E-state index in [-0.39, 0.29) is 11.6 Å². The van der Waals surface area contributed by atoms with E-state index in [0.29, 0.717) is 47.0 Å². The number of unbranched alkanes of at least 4 members (excludes halogenated alkanes) is 1. The number of nitrogens with zero attached hydrogens (tertiary/aromatic N) is 2. The number of piperidine rings is 1. The van der Waals surface area contributed by atoms with Crippen LogP contribution < -0.4 is 18.9 Å². The Labute approximate surface area is 206 Å². The second-order valence-corrected chi connectivity index (χ2v) is 8.88. The first-order valence-corrected chi connectivity index (χ1v) is 12.0. The first kappa shape index (κ1) is 24.9. The first-order valence-electron chi connectivity index (χ1n) is 12.0. The van der Waals surface area contributed by atoms with Crippen molar-refractivity contribution >= 4 is 5.78 Å². The molecule has 0 atom stereocenters.